The number of nitrogens with zero attached hydrogens (tertiary/aromatic N) is 4. The van der Waals surface area contributed by atoms with Gasteiger partial charge in [-0.2, -0.15) is 0 Å². The Morgan fingerprint density at radius 3 is 2.51 bits per heavy atom. The highest BCUT2D eigenvalue weighted by molar-refractivity contribution is 7.09. The third-order valence-electron chi connectivity index (χ3n) is 6.92. The molecule has 2 aromatic carbocycles. The molecule has 1 aliphatic rings. The molecule has 0 aliphatic carbocycles. The minimum Gasteiger partial charge on any atom is -0.496 e. The average molecular weight is 515 g/mol. The lowest BCUT2D eigenvalue weighted by Crippen LogP contribution is -2.38. The average Bonchev–Trinajstić information content (AvgIpc) is 3.45. The van der Waals surface area contributed by atoms with Gasteiger partial charge in [0.15, 0.2) is 0 Å². The second-order valence-electron chi connectivity index (χ2n) is 9.33. The molecule has 4 aromatic rings. The Hall–Kier alpha value is -3.78. The molecule has 190 valence electrons. The highest BCUT2D eigenvalue weighted by atomic mass is 32.1. The number of hydrogen-bond donors (Lipinski definition) is 0. The Kier molecular flexibility index (Phi) is 7.46. The van der Waals surface area contributed by atoms with Crippen LogP contribution in [0.5, 0.6) is 5.75 Å². The first-order valence-corrected chi connectivity index (χ1v) is 13.4. The van der Waals surface area contributed by atoms with Gasteiger partial charge in [-0.3, -0.25) is 9.59 Å². The van der Waals surface area contributed by atoms with E-state index in [-0.39, 0.29) is 17.7 Å². The molecule has 0 bridgehead atoms. The van der Waals surface area contributed by atoms with Gasteiger partial charge in [0.2, 0.25) is 0 Å². The first-order chi connectivity index (χ1) is 18.0. The van der Waals surface area contributed by atoms with Gasteiger partial charge in [0.25, 0.3) is 11.8 Å². The van der Waals surface area contributed by atoms with Crippen LogP contribution in [-0.4, -0.2) is 65.4 Å². The van der Waals surface area contributed by atoms with E-state index in [0.717, 1.165) is 35.2 Å². The van der Waals surface area contributed by atoms with E-state index < -0.39 is 0 Å². The number of rotatable bonds is 7. The normalized spacial score (nSPS) is 14.1. The SMILES string of the molecule is COc1cc(C(=O)N2CCC(c3nc(C(=O)N(C)CCc4ccccc4)cs3)CC2)nc2ccccc12. The number of carbonyl (C=O) groups excluding carboxylic acids is 2. The van der Waals surface area contributed by atoms with Gasteiger partial charge in [0.05, 0.1) is 17.6 Å². The Balaban J connectivity index is 1.19. The van der Waals surface area contributed by atoms with Crippen molar-refractivity contribution in [1.29, 1.82) is 0 Å². The number of piperidine rings is 1. The summed E-state index contributed by atoms with van der Waals surface area (Å²) in [6, 6.07) is 19.6. The van der Waals surface area contributed by atoms with Crippen molar-refractivity contribution in [3.8, 4) is 5.75 Å². The summed E-state index contributed by atoms with van der Waals surface area (Å²) >= 11 is 1.54. The lowest BCUT2D eigenvalue weighted by molar-refractivity contribution is 0.0707. The first kappa shape index (κ1) is 24.9. The number of benzene rings is 2. The maximum atomic E-state index is 13.2. The number of fused-ring (bicyclic) bond motifs is 1. The highest BCUT2D eigenvalue weighted by Gasteiger charge is 2.28. The molecule has 2 aromatic heterocycles. The molecule has 5 rings (SSSR count). The van der Waals surface area contributed by atoms with Crippen LogP contribution in [0.25, 0.3) is 10.9 Å². The van der Waals surface area contributed by atoms with E-state index in [1.807, 2.05) is 59.8 Å². The fourth-order valence-electron chi connectivity index (χ4n) is 4.73. The van der Waals surface area contributed by atoms with Gasteiger partial charge in [0.1, 0.15) is 17.1 Å². The molecule has 0 saturated carbocycles. The monoisotopic (exact) mass is 514 g/mol. The molecule has 2 amide bonds. The molecule has 1 aliphatic heterocycles. The van der Waals surface area contributed by atoms with Gasteiger partial charge in [0, 0.05) is 49.4 Å². The number of carbonyl (C=O) groups is 2. The van der Waals surface area contributed by atoms with E-state index in [1.165, 1.54) is 16.9 Å². The molecular formula is C29H30N4O3S. The standard InChI is InChI=1S/C29H30N4O3S/c1-32(15-12-20-8-4-3-5-9-20)28(34)25-19-37-27(31-25)21-13-16-33(17-14-21)29(35)24-18-26(36-2)22-10-6-7-11-23(22)30-24/h3-11,18-19,21H,12-17H2,1-2H3. The molecule has 0 radical (unpaired) electrons. The van der Waals surface area contributed by atoms with Crippen LogP contribution in [0.1, 0.15) is 50.3 Å². The van der Waals surface area contributed by atoms with Crippen LogP contribution in [0.2, 0.25) is 0 Å². The smallest absolute Gasteiger partial charge is 0.273 e. The number of ether oxygens (including phenoxy) is 1. The fraction of sp³-hybridized carbons (Fsp3) is 0.310. The van der Waals surface area contributed by atoms with Crippen molar-refractivity contribution < 1.29 is 14.3 Å². The Morgan fingerprint density at radius 2 is 1.76 bits per heavy atom. The second-order valence-corrected chi connectivity index (χ2v) is 10.2. The van der Waals surface area contributed by atoms with Crippen molar-refractivity contribution in [3.05, 3.63) is 88.0 Å². The van der Waals surface area contributed by atoms with E-state index in [2.05, 4.69) is 22.1 Å². The predicted molar refractivity (Wildman–Crippen MR) is 145 cm³/mol. The van der Waals surface area contributed by atoms with E-state index in [4.69, 9.17) is 4.74 Å². The molecule has 8 heteroatoms. The summed E-state index contributed by atoms with van der Waals surface area (Å²) in [6.07, 6.45) is 2.42. The van der Waals surface area contributed by atoms with E-state index >= 15 is 0 Å². The van der Waals surface area contributed by atoms with Crippen molar-refractivity contribution in [2.24, 2.45) is 0 Å². The van der Waals surface area contributed by atoms with Crippen molar-refractivity contribution in [1.82, 2.24) is 19.8 Å². The van der Waals surface area contributed by atoms with Crippen LogP contribution < -0.4 is 4.74 Å². The Labute approximate surface area is 220 Å². The molecule has 3 heterocycles. The predicted octanol–water partition coefficient (Wildman–Crippen LogP) is 5.03. The summed E-state index contributed by atoms with van der Waals surface area (Å²) in [4.78, 5) is 39.0. The van der Waals surface area contributed by atoms with Gasteiger partial charge in [-0.05, 0) is 37.0 Å². The van der Waals surface area contributed by atoms with Crippen molar-refractivity contribution in [3.63, 3.8) is 0 Å². The topological polar surface area (TPSA) is 75.6 Å². The largest absolute Gasteiger partial charge is 0.496 e. The minimum atomic E-state index is -0.0856. The molecule has 1 fully saturated rings. The third-order valence-corrected chi connectivity index (χ3v) is 7.92. The molecule has 1 saturated heterocycles. The van der Waals surface area contributed by atoms with Crippen LogP contribution in [0.15, 0.2) is 66.0 Å². The maximum absolute atomic E-state index is 13.2. The number of likely N-dealkylation sites (tertiary alicyclic amines) is 1. The molecule has 0 spiro atoms. The molecular weight excluding hydrogens is 484 g/mol. The van der Waals surface area contributed by atoms with Crippen molar-refractivity contribution in [2.45, 2.75) is 25.2 Å². The summed E-state index contributed by atoms with van der Waals surface area (Å²) in [5.41, 5.74) is 2.85. The molecule has 37 heavy (non-hydrogen) atoms. The van der Waals surface area contributed by atoms with E-state index in [0.29, 0.717) is 36.8 Å². The Bertz CT molecular complexity index is 1400. The molecule has 7 nitrogen and oxygen atoms in total. The minimum absolute atomic E-state index is 0.0534. The zero-order chi connectivity index (χ0) is 25.8. The van der Waals surface area contributed by atoms with E-state index in [9.17, 15) is 9.59 Å². The van der Waals surface area contributed by atoms with Crippen molar-refractivity contribution >= 4 is 34.1 Å². The van der Waals surface area contributed by atoms with Gasteiger partial charge in [-0.15, -0.1) is 11.3 Å². The number of methoxy groups -OCH3 is 1. The van der Waals surface area contributed by atoms with Crippen LogP contribution in [0, 0.1) is 0 Å². The molecule has 0 unspecified atom stereocenters. The number of para-hydroxylation sites is 1. The zero-order valence-corrected chi connectivity index (χ0v) is 21.9. The first-order valence-electron chi connectivity index (χ1n) is 12.5. The number of hydrogen-bond acceptors (Lipinski definition) is 6. The Morgan fingerprint density at radius 1 is 1.03 bits per heavy atom. The van der Waals surface area contributed by atoms with Crippen LogP contribution in [0.4, 0.5) is 0 Å². The molecule has 0 N–H and O–H groups in total. The summed E-state index contributed by atoms with van der Waals surface area (Å²) in [5.74, 6) is 0.752. The summed E-state index contributed by atoms with van der Waals surface area (Å²) in [5, 5.41) is 3.72. The summed E-state index contributed by atoms with van der Waals surface area (Å²) < 4.78 is 5.51. The van der Waals surface area contributed by atoms with Gasteiger partial charge < -0.3 is 14.5 Å². The number of thiazole rings is 1. The summed E-state index contributed by atoms with van der Waals surface area (Å²) in [7, 11) is 3.43. The van der Waals surface area contributed by atoms with E-state index in [1.54, 1.807) is 18.1 Å². The van der Waals surface area contributed by atoms with Crippen LogP contribution in [-0.2, 0) is 6.42 Å². The van der Waals surface area contributed by atoms with Gasteiger partial charge in [-0.25, -0.2) is 9.97 Å². The quantitative estimate of drug-likeness (QED) is 0.346. The fourth-order valence-corrected chi connectivity index (χ4v) is 5.69. The summed E-state index contributed by atoms with van der Waals surface area (Å²) in [6.45, 7) is 1.89. The van der Waals surface area contributed by atoms with Gasteiger partial charge in [-0.1, -0.05) is 42.5 Å². The highest BCUT2D eigenvalue weighted by Crippen LogP contribution is 2.32. The molecule has 0 atom stereocenters. The number of likely N-dealkylation sites (N-methyl/N-ethyl adjacent to an activating group) is 1. The van der Waals surface area contributed by atoms with Crippen LogP contribution >= 0.6 is 11.3 Å². The third kappa shape index (κ3) is 5.49. The lowest BCUT2D eigenvalue weighted by Gasteiger charge is -2.31. The van der Waals surface area contributed by atoms with Crippen LogP contribution in [0.3, 0.4) is 0 Å². The van der Waals surface area contributed by atoms with Crippen molar-refractivity contribution in [2.75, 3.05) is 33.8 Å². The number of amides is 2. The second kappa shape index (κ2) is 11.1. The maximum Gasteiger partial charge on any atom is 0.273 e. The number of aromatic nitrogens is 2. The lowest BCUT2D eigenvalue weighted by atomic mass is 9.97. The number of pyridine rings is 1. The van der Waals surface area contributed by atoms with Gasteiger partial charge >= 0.3 is 0 Å². The zero-order valence-electron chi connectivity index (χ0n) is 21.1.